The number of halogens is 2. The van der Waals surface area contributed by atoms with Gasteiger partial charge in [0.1, 0.15) is 17.2 Å². The number of phenolic OH excluding ortho intramolecular Hbond substituents is 1. The van der Waals surface area contributed by atoms with Crippen molar-refractivity contribution >= 4 is 40.5 Å². The molecule has 1 heterocycles. The third kappa shape index (κ3) is 3.71. The van der Waals surface area contributed by atoms with Gasteiger partial charge < -0.3 is 20.9 Å². The van der Waals surface area contributed by atoms with E-state index in [0.717, 1.165) is 0 Å². The molecule has 0 unspecified atom stereocenters. The summed E-state index contributed by atoms with van der Waals surface area (Å²) < 4.78 is 5.12. The molecule has 7 heteroatoms. The van der Waals surface area contributed by atoms with Crippen LogP contribution in [0.3, 0.4) is 0 Å². The first-order valence-electron chi connectivity index (χ1n) is 5.93. The summed E-state index contributed by atoms with van der Waals surface area (Å²) in [7, 11) is 0. The summed E-state index contributed by atoms with van der Waals surface area (Å²) >= 11 is 11.3. The first-order chi connectivity index (χ1) is 9.99. The number of aromatic hydroxyl groups is 1. The van der Waals surface area contributed by atoms with Crippen LogP contribution >= 0.6 is 23.2 Å². The van der Waals surface area contributed by atoms with E-state index in [4.69, 9.17) is 38.8 Å². The molecule has 0 saturated carbocycles. The molecule has 0 atom stereocenters. The van der Waals surface area contributed by atoms with Crippen molar-refractivity contribution in [3.05, 3.63) is 46.4 Å². The fraction of sp³-hybridized carbons (Fsp3) is 0.0714. The Hall–Kier alpha value is -2.11. The largest absolute Gasteiger partial charge is 0.506 e. The lowest BCUT2D eigenvalue weighted by Crippen LogP contribution is -2.25. The second kappa shape index (κ2) is 6.56. The maximum Gasteiger partial charge on any atom is 0.262 e. The zero-order valence-corrected chi connectivity index (χ0v) is 12.3. The predicted molar refractivity (Wildman–Crippen MR) is 83.1 cm³/mol. The highest BCUT2D eigenvalue weighted by Crippen LogP contribution is 2.33. The highest BCUT2D eigenvalue weighted by molar-refractivity contribution is 6.34. The molecule has 1 aliphatic rings. The Labute approximate surface area is 131 Å². The van der Waals surface area contributed by atoms with Crippen molar-refractivity contribution in [2.45, 2.75) is 0 Å². The van der Waals surface area contributed by atoms with Gasteiger partial charge in [0, 0.05) is 0 Å². The number of nitrogen functional groups attached to an aromatic ring is 1. The second-order valence-electron chi connectivity index (χ2n) is 4.12. The number of carbonyl (C=O) groups excluding carboxylic acids is 1. The first-order valence-corrected chi connectivity index (χ1v) is 6.68. The molecule has 21 heavy (non-hydrogen) atoms. The summed E-state index contributed by atoms with van der Waals surface area (Å²) in [6, 6.07) is 9.99. The van der Waals surface area contributed by atoms with E-state index in [9.17, 15) is 4.79 Å². The number of hydrogen-bond donors (Lipinski definition) is 3. The van der Waals surface area contributed by atoms with Gasteiger partial charge in [-0.05, 0) is 24.3 Å². The van der Waals surface area contributed by atoms with Gasteiger partial charge >= 0.3 is 0 Å². The molecular formula is C14H12Cl2N2O3. The lowest BCUT2D eigenvalue weighted by Gasteiger charge is -2.18. The predicted octanol–water partition coefficient (Wildman–Crippen LogP) is 3.30. The number of ether oxygens (including phenoxy) is 1. The van der Waals surface area contributed by atoms with Gasteiger partial charge in [0.05, 0.1) is 15.7 Å². The molecule has 0 saturated heterocycles. The molecule has 0 aliphatic carbocycles. The van der Waals surface area contributed by atoms with E-state index >= 15 is 0 Å². The number of phenols is 1. The number of nitrogens with one attached hydrogen (secondary N) is 1. The Morgan fingerprint density at radius 1 is 1.14 bits per heavy atom. The third-order valence-electron chi connectivity index (χ3n) is 2.63. The Morgan fingerprint density at radius 3 is 2.48 bits per heavy atom. The van der Waals surface area contributed by atoms with E-state index in [-0.39, 0.29) is 24.0 Å². The summed E-state index contributed by atoms with van der Waals surface area (Å²) in [5.41, 5.74) is 6.10. The van der Waals surface area contributed by atoms with Crippen LogP contribution in [0.5, 0.6) is 11.5 Å². The molecule has 0 spiro atoms. The summed E-state index contributed by atoms with van der Waals surface area (Å²) in [6.07, 6.45) is 0. The minimum atomic E-state index is -0.171. The van der Waals surface area contributed by atoms with Crippen molar-refractivity contribution < 1.29 is 14.6 Å². The zero-order valence-electron chi connectivity index (χ0n) is 10.8. The molecule has 0 radical (unpaired) electrons. The molecule has 5 nitrogen and oxygen atoms in total. The van der Waals surface area contributed by atoms with Crippen molar-refractivity contribution in [3.63, 3.8) is 0 Å². The molecule has 0 fully saturated rings. The minimum absolute atomic E-state index is 0.0301. The maximum atomic E-state index is 10.9. The SMILES string of the molecule is Nc1c(O)cccc1Cl.O=C1COc2cccc(Cl)c2N1. The fourth-order valence-electron chi connectivity index (χ4n) is 1.59. The smallest absolute Gasteiger partial charge is 0.262 e. The number of benzene rings is 2. The number of anilines is 2. The van der Waals surface area contributed by atoms with Gasteiger partial charge in [0.25, 0.3) is 5.91 Å². The van der Waals surface area contributed by atoms with Gasteiger partial charge in [0.15, 0.2) is 6.61 Å². The minimum Gasteiger partial charge on any atom is -0.506 e. The van der Waals surface area contributed by atoms with Crippen LogP contribution in [-0.2, 0) is 4.79 Å². The molecule has 4 N–H and O–H groups in total. The highest BCUT2D eigenvalue weighted by Gasteiger charge is 2.17. The summed E-state index contributed by atoms with van der Waals surface area (Å²) in [4.78, 5) is 10.9. The van der Waals surface area contributed by atoms with Gasteiger partial charge in [-0.15, -0.1) is 0 Å². The van der Waals surface area contributed by atoms with Gasteiger partial charge in [0.2, 0.25) is 0 Å². The van der Waals surface area contributed by atoms with E-state index in [1.54, 1.807) is 30.3 Å². The second-order valence-corrected chi connectivity index (χ2v) is 4.94. The lowest BCUT2D eigenvalue weighted by molar-refractivity contribution is -0.118. The van der Waals surface area contributed by atoms with Crippen LogP contribution in [0.1, 0.15) is 0 Å². The molecular weight excluding hydrogens is 315 g/mol. The normalized spacial score (nSPS) is 12.4. The third-order valence-corrected chi connectivity index (χ3v) is 3.27. The van der Waals surface area contributed by atoms with Crippen molar-refractivity contribution in [3.8, 4) is 11.5 Å². The van der Waals surface area contributed by atoms with Gasteiger partial charge in [-0.2, -0.15) is 0 Å². The number of rotatable bonds is 0. The highest BCUT2D eigenvalue weighted by atomic mass is 35.5. The molecule has 0 bridgehead atoms. The number of hydrogen-bond acceptors (Lipinski definition) is 4. The Bertz CT molecular complexity index is 657. The molecule has 2 aromatic carbocycles. The standard InChI is InChI=1S/C8H6ClNO2.C6H6ClNO/c9-5-2-1-3-6-8(5)10-7(11)4-12-6;7-4-2-1-3-5(9)6(4)8/h1-3H,4H2,(H,10,11);1-3,9H,8H2. The van der Waals surface area contributed by atoms with Crippen LogP contribution in [-0.4, -0.2) is 17.6 Å². The quantitative estimate of drug-likeness (QED) is 0.512. The van der Waals surface area contributed by atoms with E-state index < -0.39 is 0 Å². The molecule has 3 rings (SSSR count). The molecule has 1 aliphatic heterocycles. The van der Waals surface area contributed by atoms with Crippen molar-refractivity contribution in [2.24, 2.45) is 0 Å². The zero-order chi connectivity index (χ0) is 15.4. The molecule has 0 aromatic heterocycles. The number of fused-ring (bicyclic) bond motifs is 1. The average molecular weight is 327 g/mol. The van der Waals surface area contributed by atoms with Crippen LogP contribution in [0.25, 0.3) is 0 Å². The topological polar surface area (TPSA) is 84.6 Å². The molecule has 2 aromatic rings. The van der Waals surface area contributed by atoms with Crippen LogP contribution in [0, 0.1) is 0 Å². The van der Waals surface area contributed by atoms with E-state index in [1.807, 2.05) is 0 Å². The van der Waals surface area contributed by atoms with Crippen LogP contribution in [0.2, 0.25) is 10.0 Å². The number of nitrogens with two attached hydrogens (primary N) is 1. The summed E-state index contributed by atoms with van der Waals surface area (Å²) in [6.45, 7) is 0.0628. The van der Waals surface area contributed by atoms with Crippen molar-refractivity contribution in [2.75, 3.05) is 17.7 Å². The maximum absolute atomic E-state index is 10.9. The monoisotopic (exact) mass is 326 g/mol. The number of carbonyl (C=O) groups is 1. The molecule has 110 valence electrons. The van der Waals surface area contributed by atoms with Gasteiger partial charge in [-0.25, -0.2) is 0 Å². The summed E-state index contributed by atoms with van der Waals surface area (Å²) in [5.74, 6) is 0.486. The summed E-state index contributed by atoms with van der Waals surface area (Å²) in [5, 5.41) is 12.4. The number of amides is 1. The lowest BCUT2D eigenvalue weighted by atomic mass is 10.2. The van der Waals surface area contributed by atoms with E-state index in [1.165, 1.54) is 6.07 Å². The van der Waals surface area contributed by atoms with Crippen LogP contribution < -0.4 is 15.8 Å². The Kier molecular flexibility index (Phi) is 4.77. The fourth-order valence-corrected chi connectivity index (χ4v) is 1.97. The van der Waals surface area contributed by atoms with Crippen molar-refractivity contribution in [1.29, 1.82) is 0 Å². The van der Waals surface area contributed by atoms with Crippen LogP contribution in [0.4, 0.5) is 11.4 Å². The average Bonchev–Trinajstić information content (AvgIpc) is 2.46. The Morgan fingerprint density at radius 2 is 1.81 bits per heavy atom. The van der Waals surface area contributed by atoms with E-state index in [2.05, 4.69) is 5.32 Å². The Balaban J connectivity index is 0.000000161. The molecule has 1 amide bonds. The first kappa shape index (κ1) is 15.3. The number of para-hydroxylation sites is 2. The van der Waals surface area contributed by atoms with Crippen molar-refractivity contribution in [1.82, 2.24) is 0 Å². The van der Waals surface area contributed by atoms with E-state index in [0.29, 0.717) is 21.5 Å². The van der Waals surface area contributed by atoms with Crippen LogP contribution in [0.15, 0.2) is 36.4 Å². The van der Waals surface area contributed by atoms with Gasteiger partial charge in [-0.1, -0.05) is 35.3 Å². The van der Waals surface area contributed by atoms with Gasteiger partial charge in [-0.3, -0.25) is 4.79 Å².